The van der Waals surface area contributed by atoms with Gasteiger partial charge in [0.25, 0.3) is 0 Å². The summed E-state index contributed by atoms with van der Waals surface area (Å²) in [5.74, 6) is 2.80. The number of hydrogen-bond acceptors (Lipinski definition) is 8. The molecule has 1 aromatic carbocycles. The van der Waals surface area contributed by atoms with Gasteiger partial charge in [-0.3, -0.25) is 0 Å². The third-order valence-corrected chi connectivity index (χ3v) is 4.72. The highest BCUT2D eigenvalue weighted by atomic mass is 35.5. The topological polar surface area (TPSA) is 79.3 Å². The van der Waals surface area contributed by atoms with Crippen LogP contribution in [0.15, 0.2) is 48.9 Å². The zero-order valence-electron chi connectivity index (χ0n) is 15.4. The lowest BCUT2D eigenvalue weighted by molar-refractivity contribution is 0.417. The standard InChI is InChI=1S/C19H20ClN7O/c1-28-16-4-3-14(20)13-15(16)24-18-21-8-5-17(25-18)26-9-11-27(12-10-26)19-22-6-2-7-23-19/h2-8,13H,9-12H2,1H3,(H,21,24,25). The van der Waals surface area contributed by atoms with E-state index in [4.69, 9.17) is 16.3 Å². The molecule has 3 heterocycles. The highest BCUT2D eigenvalue weighted by Gasteiger charge is 2.20. The number of nitrogens with one attached hydrogen (secondary N) is 1. The van der Waals surface area contributed by atoms with Crippen molar-refractivity contribution < 1.29 is 4.74 Å². The lowest BCUT2D eigenvalue weighted by Crippen LogP contribution is -2.47. The Hall–Kier alpha value is -3.13. The molecule has 1 saturated heterocycles. The molecule has 9 heteroatoms. The minimum atomic E-state index is 0.492. The van der Waals surface area contributed by atoms with E-state index in [1.807, 2.05) is 12.1 Å². The lowest BCUT2D eigenvalue weighted by atomic mass is 10.3. The Kier molecular flexibility index (Phi) is 5.38. The summed E-state index contributed by atoms with van der Waals surface area (Å²) in [7, 11) is 1.61. The summed E-state index contributed by atoms with van der Waals surface area (Å²) in [6, 6.07) is 9.10. The van der Waals surface area contributed by atoms with Gasteiger partial charge < -0.3 is 19.9 Å². The Morgan fingerprint density at radius 2 is 1.71 bits per heavy atom. The highest BCUT2D eigenvalue weighted by Crippen LogP contribution is 2.30. The maximum absolute atomic E-state index is 6.10. The van der Waals surface area contributed by atoms with Crippen molar-refractivity contribution in [1.29, 1.82) is 0 Å². The fraction of sp³-hybridized carbons (Fsp3) is 0.263. The molecule has 0 bridgehead atoms. The highest BCUT2D eigenvalue weighted by molar-refractivity contribution is 6.31. The zero-order chi connectivity index (χ0) is 19.3. The summed E-state index contributed by atoms with van der Waals surface area (Å²) in [6.45, 7) is 3.32. The van der Waals surface area contributed by atoms with Crippen LogP contribution in [0.4, 0.5) is 23.4 Å². The van der Waals surface area contributed by atoms with Gasteiger partial charge in [0, 0.05) is 49.8 Å². The van der Waals surface area contributed by atoms with Gasteiger partial charge >= 0.3 is 0 Å². The predicted molar refractivity (Wildman–Crippen MR) is 110 cm³/mol. The van der Waals surface area contributed by atoms with Gasteiger partial charge in [0.2, 0.25) is 11.9 Å². The minimum Gasteiger partial charge on any atom is -0.495 e. The Morgan fingerprint density at radius 3 is 2.46 bits per heavy atom. The number of aromatic nitrogens is 4. The lowest BCUT2D eigenvalue weighted by Gasteiger charge is -2.35. The van der Waals surface area contributed by atoms with Gasteiger partial charge in [0.05, 0.1) is 12.8 Å². The van der Waals surface area contributed by atoms with Crippen molar-refractivity contribution in [2.45, 2.75) is 0 Å². The van der Waals surface area contributed by atoms with Gasteiger partial charge in [-0.2, -0.15) is 4.98 Å². The van der Waals surface area contributed by atoms with E-state index in [1.165, 1.54) is 0 Å². The summed E-state index contributed by atoms with van der Waals surface area (Å²) in [5, 5.41) is 3.80. The largest absolute Gasteiger partial charge is 0.495 e. The molecule has 0 radical (unpaired) electrons. The number of halogens is 1. The molecule has 1 aliphatic rings. The van der Waals surface area contributed by atoms with Crippen molar-refractivity contribution in [3.8, 4) is 5.75 Å². The Balaban J connectivity index is 1.45. The molecule has 1 aliphatic heterocycles. The first-order valence-corrected chi connectivity index (χ1v) is 9.31. The van der Waals surface area contributed by atoms with Crippen molar-refractivity contribution in [2.24, 2.45) is 0 Å². The number of methoxy groups -OCH3 is 1. The summed E-state index contributed by atoms with van der Waals surface area (Å²) in [5.41, 5.74) is 0.721. The summed E-state index contributed by atoms with van der Waals surface area (Å²) < 4.78 is 5.37. The first-order chi connectivity index (χ1) is 13.7. The maximum atomic E-state index is 6.10. The van der Waals surface area contributed by atoms with Gasteiger partial charge in [-0.1, -0.05) is 11.6 Å². The molecule has 4 rings (SSSR count). The Labute approximate surface area is 168 Å². The van der Waals surface area contributed by atoms with Crippen LogP contribution in [0.5, 0.6) is 5.75 Å². The van der Waals surface area contributed by atoms with Crippen molar-refractivity contribution in [3.63, 3.8) is 0 Å². The van der Waals surface area contributed by atoms with Crippen LogP contribution >= 0.6 is 11.6 Å². The average molecular weight is 398 g/mol. The normalized spacial score (nSPS) is 14.1. The van der Waals surface area contributed by atoms with Crippen molar-refractivity contribution in [3.05, 3.63) is 53.9 Å². The Bertz CT molecular complexity index is 933. The fourth-order valence-corrected chi connectivity index (χ4v) is 3.25. The number of rotatable bonds is 5. The molecule has 2 aromatic heterocycles. The van der Waals surface area contributed by atoms with Crippen LogP contribution in [0.3, 0.4) is 0 Å². The summed E-state index contributed by atoms with van der Waals surface area (Å²) in [6.07, 6.45) is 5.27. The van der Waals surface area contributed by atoms with E-state index < -0.39 is 0 Å². The molecular weight excluding hydrogens is 378 g/mol. The molecule has 3 aromatic rings. The van der Waals surface area contributed by atoms with Gasteiger partial charge in [-0.25, -0.2) is 15.0 Å². The van der Waals surface area contributed by atoms with Gasteiger partial charge in [0.1, 0.15) is 11.6 Å². The molecule has 0 aliphatic carbocycles. The predicted octanol–water partition coefficient (Wildman–Crippen LogP) is 3.00. The number of hydrogen-bond donors (Lipinski definition) is 1. The smallest absolute Gasteiger partial charge is 0.229 e. The number of anilines is 4. The number of nitrogens with zero attached hydrogens (tertiary/aromatic N) is 6. The molecular formula is C19H20ClN7O. The van der Waals surface area contributed by atoms with Gasteiger partial charge in [-0.05, 0) is 30.3 Å². The van der Waals surface area contributed by atoms with Gasteiger partial charge in [0.15, 0.2) is 0 Å². The summed E-state index contributed by atoms with van der Waals surface area (Å²) in [4.78, 5) is 22.0. The van der Waals surface area contributed by atoms with Crippen molar-refractivity contribution >= 4 is 35.0 Å². The van der Waals surface area contributed by atoms with E-state index in [-0.39, 0.29) is 0 Å². The van der Waals surface area contributed by atoms with Crippen LogP contribution in [0.25, 0.3) is 0 Å². The van der Waals surface area contributed by atoms with Crippen LogP contribution in [-0.4, -0.2) is 53.2 Å². The molecule has 1 fully saturated rings. The van der Waals surface area contributed by atoms with Crippen LogP contribution in [0.1, 0.15) is 0 Å². The van der Waals surface area contributed by atoms with Crippen LogP contribution in [-0.2, 0) is 0 Å². The second-order valence-corrected chi connectivity index (χ2v) is 6.67. The van der Waals surface area contributed by atoms with E-state index in [0.29, 0.717) is 16.7 Å². The van der Waals surface area contributed by atoms with Crippen LogP contribution in [0, 0.1) is 0 Å². The van der Waals surface area contributed by atoms with E-state index in [0.717, 1.165) is 43.6 Å². The van der Waals surface area contributed by atoms with Crippen LogP contribution < -0.4 is 19.9 Å². The molecule has 0 spiro atoms. The summed E-state index contributed by atoms with van der Waals surface area (Å²) >= 11 is 6.10. The van der Waals surface area contributed by atoms with E-state index >= 15 is 0 Å². The minimum absolute atomic E-state index is 0.492. The number of benzene rings is 1. The van der Waals surface area contributed by atoms with E-state index in [9.17, 15) is 0 Å². The van der Waals surface area contributed by atoms with E-state index in [1.54, 1.807) is 43.9 Å². The monoisotopic (exact) mass is 397 g/mol. The number of ether oxygens (including phenoxy) is 1. The first-order valence-electron chi connectivity index (χ1n) is 8.93. The molecule has 0 atom stereocenters. The second kappa shape index (κ2) is 8.26. The Morgan fingerprint density at radius 1 is 0.964 bits per heavy atom. The van der Waals surface area contributed by atoms with Crippen LogP contribution in [0.2, 0.25) is 5.02 Å². The molecule has 0 amide bonds. The van der Waals surface area contributed by atoms with Crippen molar-refractivity contribution in [2.75, 3.05) is 48.4 Å². The zero-order valence-corrected chi connectivity index (χ0v) is 16.2. The third-order valence-electron chi connectivity index (χ3n) is 4.49. The average Bonchev–Trinajstić information content (AvgIpc) is 2.75. The first kappa shape index (κ1) is 18.2. The SMILES string of the molecule is COc1ccc(Cl)cc1Nc1nccc(N2CCN(c3ncccn3)CC2)n1. The third kappa shape index (κ3) is 4.07. The molecule has 1 N–H and O–H groups in total. The molecule has 0 unspecified atom stereocenters. The fourth-order valence-electron chi connectivity index (χ4n) is 3.07. The molecule has 0 saturated carbocycles. The van der Waals surface area contributed by atoms with E-state index in [2.05, 4.69) is 35.1 Å². The molecule has 144 valence electrons. The molecule has 8 nitrogen and oxygen atoms in total. The van der Waals surface area contributed by atoms with Crippen molar-refractivity contribution in [1.82, 2.24) is 19.9 Å². The second-order valence-electron chi connectivity index (χ2n) is 6.23. The van der Waals surface area contributed by atoms with Gasteiger partial charge in [-0.15, -0.1) is 0 Å². The molecule has 28 heavy (non-hydrogen) atoms. The maximum Gasteiger partial charge on any atom is 0.229 e. The quantitative estimate of drug-likeness (QED) is 0.703. The number of piperazine rings is 1.